The Bertz CT molecular complexity index is 268. The van der Waals surface area contributed by atoms with E-state index in [-0.39, 0.29) is 6.09 Å². The van der Waals surface area contributed by atoms with Gasteiger partial charge in [-0.15, -0.1) is 0 Å². The number of amides is 1. The summed E-state index contributed by atoms with van der Waals surface area (Å²) in [7, 11) is 1.69. The standard InChI is InChI=1S/C10H18N2O3/c1-10(2,3)15-9(13)12(4)7-8-5-6-14-11-8/h5-7H2,1-4H3. The molecule has 0 aromatic rings. The fourth-order valence-corrected chi connectivity index (χ4v) is 1.13. The van der Waals surface area contributed by atoms with Crippen molar-refractivity contribution in [3.05, 3.63) is 0 Å². The summed E-state index contributed by atoms with van der Waals surface area (Å²) in [6, 6.07) is 0. The predicted octanol–water partition coefficient (Wildman–Crippen LogP) is 1.63. The van der Waals surface area contributed by atoms with Crippen LogP contribution in [0, 0.1) is 0 Å². The topological polar surface area (TPSA) is 51.1 Å². The predicted molar refractivity (Wildman–Crippen MR) is 56.9 cm³/mol. The molecule has 15 heavy (non-hydrogen) atoms. The van der Waals surface area contributed by atoms with Crippen LogP contribution in [-0.4, -0.2) is 42.5 Å². The first-order valence-electron chi connectivity index (χ1n) is 5.00. The lowest BCUT2D eigenvalue weighted by molar-refractivity contribution is 0.0323. The summed E-state index contributed by atoms with van der Waals surface area (Å²) in [5, 5.41) is 3.82. The van der Waals surface area contributed by atoms with Gasteiger partial charge in [-0.1, -0.05) is 5.16 Å². The molecular weight excluding hydrogens is 196 g/mol. The number of hydrogen-bond acceptors (Lipinski definition) is 4. The summed E-state index contributed by atoms with van der Waals surface area (Å²) < 4.78 is 5.20. The Labute approximate surface area is 90.0 Å². The third-order valence-electron chi connectivity index (χ3n) is 1.80. The van der Waals surface area contributed by atoms with Crippen LogP contribution in [0.5, 0.6) is 0 Å². The number of rotatable bonds is 2. The normalized spacial score (nSPS) is 15.6. The number of ether oxygens (including phenoxy) is 1. The van der Waals surface area contributed by atoms with Crippen molar-refractivity contribution in [2.75, 3.05) is 20.2 Å². The summed E-state index contributed by atoms with van der Waals surface area (Å²) in [5.41, 5.74) is 0.419. The van der Waals surface area contributed by atoms with E-state index in [0.29, 0.717) is 13.2 Å². The lowest BCUT2D eigenvalue weighted by Gasteiger charge is -2.24. The van der Waals surface area contributed by atoms with Crippen LogP contribution in [0.1, 0.15) is 27.2 Å². The minimum Gasteiger partial charge on any atom is -0.444 e. The van der Waals surface area contributed by atoms with Gasteiger partial charge in [0.25, 0.3) is 0 Å². The Morgan fingerprint density at radius 1 is 1.60 bits per heavy atom. The maximum atomic E-state index is 11.6. The van der Waals surface area contributed by atoms with Crippen LogP contribution in [0.3, 0.4) is 0 Å². The minimum absolute atomic E-state index is 0.336. The summed E-state index contributed by atoms with van der Waals surface area (Å²) in [6.45, 7) is 6.60. The maximum absolute atomic E-state index is 11.6. The molecule has 1 heterocycles. The van der Waals surface area contributed by atoms with E-state index in [0.717, 1.165) is 12.1 Å². The quantitative estimate of drug-likeness (QED) is 0.702. The SMILES string of the molecule is CN(CC1=NOCC1)C(=O)OC(C)(C)C. The van der Waals surface area contributed by atoms with Crippen LogP contribution in [0.4, 0.5) is 4.79 Å². The van der Waals surface area contributed by atoms with Crippen molar-refractivity contribution >= 4 is 11.8 Å². The Kier molecular flexibility index (Phi) is 3.55. The van der Waals surface area contributed by atoms with E-state index < -0.39 is 5.60 Å². The molecule has 0 saturated heterocycles. The van der Waals surface area contributed by atoms with Gasteiger partial charge < -0.3 is 14.5 Å². The number of carbonyl (C=O) groups is 1. The third-order valence-corrected chi connectivity index (χ3v) is 1.80. The highest BCUT2D eigenvalue weighted by Gasteiger charge is 2.21. The number of carbonyl (C=O) groups excluding carboxylic acids is 1. The molecule has 0 spiro atoms. The van der Waals surface area contributed by atoms with E-state index in [2.05, 4.69) is 5.16 Å². The van der Waals surface area contributed by atoms with Crippen LogP contribution in [0.2, 0.25) is 0 Å². The van der Waals surface area contributed by atoms with Crippen molar-refractivity contribution in [3.63, 3.8) is 0 Å². The summed E-state index contributed by atoms with van der Waals surface area (Å²) in [5.74, 6) is 0. The lowest BCUT2D eigenvalue weighted by atomic mass is 10.2. The van der Waals surface area contributed by atoms with Crippen LogP contribution >= 0.6 is 0 Å². The highest BCUT2D eigenvalue weighted by Crippen LogP contribution is 2.10. The highest BCUT2D eigenvalue weighted by molar-refractivity contribution is 5.89. The van der Waals surface area contributed by atoms with Gasteiger partial charge in [0.15, 0.2) is 0 Å². The van der Waals surface area contributed by atoms with Crippen LogP contribution in [0.25, 0.3) is 0 Å². The van der Waals surface area contributed by atoms with Crippen molar-refractivity contribution in [3.8, 4) is 0 Å². The summed E-state index contributed by atoms with van der Waals surface area (Å²) in [6.07, 6.45) is 0.449. The van der Waals surface area contributed by atoms with Crippen LogP contribution in [0.15, 0.2) is 5.16 Å². The van der Waals surface area contributed by atoms with Crippen molar-refractivity contribution < 1.29 is 14.4 Å². The first-order valence-corrected chi connectivity index (χ1v) is 5.00. The van der Waals surface area contributed by atoms with E-state index in [1.807, 2.05) is 20.8 Å². The number of nitrogens with zero attached hydrogens (tertiary/aromatic N) is 2. The van der Waals surface area contributed by atoms with E-state index in [1.165, 1.54) is 4.90 Å². The van der Waals surface area contributed by atoms with E-state index in [1.54, 1.807) is 7.05 Å². The van der Waals surface area contributed by atoms with Gasteiger partial charge in [-0.25, -0.2) is 4.79 Å². The zero-order valence-electron chi connectivity index (χ0n) is 9.74. The molecule has 5 nitrogen and oxygen atoms in total. The molecule has 0 aromatic heterocycles. The number of oxime groups is 1. The lowest BCUT2D eigenvalue weighted by Crippen LogP contribution is -2.36. The monoisotopic (exact) mass is 214 g/mol. The van der Waals surface area contributed by atoms with E-state index in [4.69, 9.17) is 9.57 Å². The molecule has 1 amide bonds. The fourth-order valence-electron chi connectivity index (χ4n) is 1.13. The molecule has 1 aliphatic heterocycles. The summed E-state index contributed by atoms with van der Waals surface area (Å²) >= 11 is 0. The average Bonchev–Trinajstić information content (AvgIpc) is 2.53. The van der Waals surface area contributed by atoms with Gasteiger partial charge in [-0.3, -0.25) is 0 Å². The first-order chi connectivity index (χ1) is 6.88. The molecule has 0 atom stereocenters. The molecule has 1 aliphatic rings. The molecule has 0 unspecified atom stereocenters. The molecule has 5 heteroatoms. The molecule has 0 aliphatic carbocycles. The van der Waals surface area contributed by atoms with Gasteiger partial charge in [0.2, 0.25) is 0 Å². The molecule has 0 saturated carbocycles. The molecular formula is C10H18N2O3. The second kappa shape index (κ2) is 4.51. The van der Waals surface area contributed by atoms with Gasteiger partial charge in [0.1, 0.15) is 12.2 Å². The Morgan fingerprint density at radius 2 is 2.27 bits per heavy atom. The third kappa shape index (κ3) is 4.18. The molecule has 0 N–H and O–H groups in total. The van der Waals surface area contributed by atoms with E-state index in [9.17, 15) is 4.79 Å². The van der Waals surface area contributed by atoms with Gasteiger partial charge in [-0.05, 0) is 20.8 Å². The Hall–Kier alpha value is -1.26. The van der Waals surface area contributed by atoms with Gasteiger partial charge in [0.05, 0.1) is 12.3 Å². The van der Waals surface area contributed by atoms with Crippen molar-refractivity contribution in [1.29, 1.82) is 0 Å². The smallest absolute Gasteiger partial charge is 0.410 e. The first kappa shape index (κ1) is 11.8. The molecule has 0 bridgehead atoms. The fraction of sp³-hybridized carbons (Fsp3) is 0.800. The van der Waals surface area contributed by atoms with Crippen LogP contribution < -0.4 is 0 Å². The van der Waals surface area contributed by atoms with Crippen molar-refractivity contribution in [2.24, 2.45) is 5.16 Å². The van der Waals surface area contributed by atoms with Crippen molar-refractivity contribution in [2.45, 2.75) is 32.8 Å². The highest BCUT2D eigenvalue weighted by atomic mass is 16.6. The molecule has 0 radical (unpaired) electrons. The van der Waals surface area contributed by atoms with Gasteiger partial charge in [0, 0.05) is 13.5 Å². The van der Waals surface area contributed by atoms with Crippen molar-refractivity contribution in [1.82, 2.24) is 4.90 Å². The van der Waals surface area contributed by atoms with Gasteiger partial charge in [-0.2, -0.15) is 0 Å². The summed E-state index contributed by atoms with van der Waals surface area (Å²) in [4.78, 5) is 17.9. The molecule has 0 aromatic carbocycles. The van der Waals surface area contributed by atoms with Crippen LogP contribution in [-0.2, 0) is 9.57 Å². The number of hydrogen-bond donors (Lipinski definition) is 0. The zero-order chi connectivity index (χ0) is 11.5. The Balaban J connectivity index is 2.39. The average molecular weight is 214 g/mol. The molecule has 86 valence electrons. The molecule has 0 fully saturated rings. The maximum Gasteiger partial charge on any atom is 0.410 e. The second-order valence-electron chi connectivity index (χ2n) is 4.58. The second-order valence-corrected chi connectivity index (χ2v) is 4.58. The molecule has 1 rings (SSSR count). The van der Waals surface area contributed by atoms with Gasteiger partial charge >= 0.3 is 6.09 Å². The zero-order valence-corrected chi connectivity index (χ0v) is 9.74. The largest absolute Gasteiger partial charge is 0.444 e. The Morgan fingerprint density at radius 3 is 2.73 bits per heavy atom. The minimum atomic E-state index is -0.459. The van der Waals surface area contributed by atoms with E-state index >= 15 is 0 Å².